The maximum absolute atomic E-state index is 13.6. The molecule has 1 fully saturated rings. The Labute approximate surface area is 106 Å². The van der Waals surface area contributed by atoms with E-state index in [9.17, 15) is 4.39 Å². The van der Waals surface area contributed by atoms with Crippen LogP contribution in [0.1, 0.15) is 19.8 Å². The highest BCUT2D eigenvalue weighted by molar-refractivity contribution is 5.71. The molecular formula is C13H19FN2O2. The normalized spacial score (nSPS) is 14.6. The van der Waals surface area contributed by atoms with Gasteiger partial charge in [-0.05, 0) is 19.8 Å². The molecule has 0 radical (unpaired) electrons. The molecule has 4 nitrogen and oxygen atoms in total. The molecule has 0 bridgehead atoms. The van der Waals surface area contributed by atoms with Crippen LogP contribution in [0, 0.1) is 5.82 Å². The van der Waals surface area contributed by atoms with E-state index in [-0.39, 0.29) is 12.4 Å². The lowest BCUT2D eigenvalue weighted by molar-refractivity contribution is 0.301. The summed E-state index contributed by atoms with van der Waals surface area (Å²) >= 11 is 0. The first-order valence-electron chi connectivity index (χ1n) is 6.26. The van der Waals surface area contributed by atoms with Crippen molar-refractivity contribution in [2.24, 2.45) is 0 Å². The predicted octanol–water partition coefficient (Wildman–Crippen LogP) is 1.77. The van der Waals surface area contributed by atoms with E-state index in [1.54, 1.807) is 6.07 Å². The second-order valence-corrected chi connectivity index (χ2v) is 4.42. The smallest absolute Gasteiger partial charge is 0.167 e. The molecule has 1 saturated carbocycles. The Balaban J connectivity index is 2.31. The molecule has 5 heteroatoms. The van der Waals surface area contributed by atoms with Crippen molar-refractivity contribution in [2.45, 2.75) is 25.8 Å². The first-order valence-corrected chi connectivity index (χ1v) is 6.26. The number of nitrogens with zero attached hydrogens (tertiary/aromatic N) is 1. The fourth-order valence-corrected chi connectivity index (χ4v) is 2.07. The summed E-state index contributed by atoms with van der Waals surface area (Å²) in [5.41, 5.74) is 7.00. The van der Waals surface area contributed by atoms with Gasteiger partial charge in [-0.3, -0.25) is 0 Å². The zero-order valence-corrected chi connectivity index (χ0v) is 10.5. The highest BCUT2D eigenvalue weighted by Crippen LogP contribution is 2.37. The molecule has 0 unspecified atom stereocenters. The van der Waals surface area contributed by atoms with E-state index in [0.29, 0.717) is 24.9 Å². The Hall–Kier alpha value is -1.49. The number of nitrogen functional groups attached to an aromatic ring is 1. The monoisotopic (exact) mass is 254 g/mol. The number of halogens is 1. The Bertz CT molecular complexity index is 422. The number of anilines is 2. The van der Waals surface area contributed by atoms with Crippen LogP contribution < -0.4 is 15.4 Å². The molecule has 1 aromatic carbocycles. The van der Waals surface area contributed by atoms with E-state index >= 15 is 0 Å². The van der Waals surface area contributed by atoms with Gasteiger partial charge in [0.25, 0.3) is 0 Å². The predicted molar refractivity (Wildman–Crippen MR) is 69.4 cm³/mol. The van der Waals surface area contributed by atoms with E-state index in [0.717, 1.165) is 18.5 Å². The molecular weight excluding hydrogens is 235 g/mol. The standard InChI is InChI=1S/C13H19FN2O2/c1-2-18-13-8-12(11(15)7-10(13)14)16(5-6-17)9-3-4-9/h7-9,17H,2-6,15H2,1H3. The molecule has 2 rings (SSSR count). The van der Waals surface area contributed by atoms with Crippen LogP contribution in [0.2, 0.25) is 0 Å². The molecule has 3 N–H and O–H groups in total. The van der Waals surface area contributed by atoms with Crippen molar-refractivity contribution in [2.75, 3.05) is 30.4 Å². The van der Waals surface area contributed by atoms with Crippen molar-refractivity contribution in [3.63, 3.8) is 0 Å². The SMILES string of the molecule is CCOc1cc(N(CCO)C2CC2)c(N)cc1F. The molecule has 100 valence electrons. The molecule has 0 atom stereocenters. The molecule has 0 spiro atoms. The van der Waals surface area contributed by atoms with E-state index < -0.39 is 5.82 Å². The minimum Gasteiger partial charge on any atom is -0.491 e. The maximum Gasteiger partial charge on any atom is 0.167 e. The summed E-state index contributed by atoms with van der Waals surface area (Å²) in [6, 6.07) is 3.31. The lowest BCUT2D eigenvalue weighted by Gasteiger charge is -2.25. The van der Waals surface area contributed by atoms with Gasteiger partial charge in [-0.15, -0.1) is 0 Å². The molecule has 0 amide bonds. The lowest BCUT2D eigenvalue weighted by atomic mass is 10.2. The highest BCUT2D eigenvalue weighted by Gasteiger charge is 2.30. The van der Waals surface area contributed by atoms with Gasteiger partial charge < -0.3 is 20.5 Å². The van der Waals surface area contributed by atoms with Crippen molar-refractivity contribution in [3.8, 4) is 5.75 Å². The number of rotatable bonds is 6. The van der Waals surface area contributed by atoms with Crippen LogP contribution in [-0.2, 0) is 0 Å². The molecule has 1 aromatic rings. The van der Waals surface area contributed by atoms with Crippen LogP contribution in [0.3, 0.4) is 0 Å². The topological polar surface area (TPSA) is 58.7 Å². The Kier molecular flexibility index (Phi) is 3.91. The molecule has 1 aliphatic rings. The average Bonchev–Trinajstić information content (AvgIpc) is 3.14. The Morgan fingerprint density at radius 1 is 1.50 bits per heavy atom. The Morgan fingerprint density at radius 2 is 2.22 bits per heavy atom. The Morgan fingerprint density at radius 3 is 2.78 bits per heavy atom. The summed E-state index contributed by atoms with van der Waals surface area (Å²) in [6.07, 6.45) is 2.17. The van der Waals surface area contributed by atoms with Crippen LogP contribution >= 0.6 is 0 Å². The van der Waals surface area contributed by atoms with Gasteiger partial charge in [0, 0.05) is 24.7 Å². The second kappa shape index (κ2) is 5.44. The molecule has 0 aromatic heterocycles. The van der Waals surface area contributed by atoms with Crippen LogP contribution in [-0.4, -0.2) is 30.9 Å². The third-order valence-corrected chi connectivity index (χ3v) is 3.02. The van der Waals surface area contributed by atoms with Gasteiger partial charge in [0.1, 0.15) is 0 Å². The molecule has 0 heterocycles. The van der Waals surface area contributed by atoms with Crippen molar-refractivity contribution in [1.82, 2.24) is 0 Å². The minimum atomic E-state index is -0.446. The van der Waals surface area contributed by atoms with Gasteiger partial charge in [-0.1, -0.05) is 0 Å². The highest BCUT2D eigenvalue weighted by atomic mass is 19.1. The summed E-state index contributed by atoms with van der Waals surface area (Å²) in [5, 5.41) is 9.11. The largest absolute Gasteiger partial charge is 0.491 e. The summed E-state index contributed by atoms with van der Waals surface area (Å²) in [7, 11) is 0. The minimum absolute atomic E-state index is 0.0529. The number of nitrogens with two attached hydrogens (primary N) is 1. The van der Waals surface area contributed by atoms with E-state index in [1.807, 2.05) is 11.8 Å². The molecule has 0 aliphatic heterocycles. The van der Waals surface area contributed by atoms with E-state index in [4.69, 9.17) is 15.6 Å². The zero-order chi connectivity index (χ0) is 13.1. The van der Waals surface area contributed by atoms with Gasteiger partial charge in [0.05, 0.1) is 24.6 Å². The van der Waals surface area contributed by atoms with Crippen LogP contribution in [0.25, 0.3) is 0 Å². The number of hydrogen-bond donors (Lipinski definition) is 2. The van der Waals surface area contributed by atoms with Gasteiger partial charge in [0.2, 0.25) is 0 Å². The molecule has 1 aliphatic carbocycles. The first kappa shape index (κ1) is 13.0. The fraction of sp³-hybridized carbons (Fsp3) is 0.538. The van der Waals surface area contributed by atoms with Gasteiger partial charge in [0.15, 0.2) is 11.6 Å². The summed E-state index contributed by atoms with van der Waals surface area (Å²) in [5.74, 6) is -0.233. The van der Waals surface area contributed by atoms with Gasteiger partial charge in [-0.2, -0.15) is 0 Å². The quantitative estimate of drug-likeness (QED) is 0.760. The third kappa shape index (κ3) is 2.67. The third-order valence-electron chi connectivity index (χ3n) is 3.02. The molecule has 0 saturated heterocycles. The van der Waals surface area contributed by atoms with Crippen molar-refractivity contribution >= 4 is 11.4 Å². The summed E-state index contributed by atoms with van der Waals surface area (Å²) < 4.78 is 18.9. The number of hydrogen-bond acceptors (Lipinski definition) is 4. The average molecular weight is 254 g/mol. The first-order chi connectivity index (χ1) is 8.67. The van der Waals surface area contributed by atoms with Crippen LogP contribution in [0.4, 0.5) is 15.8 Å². The van der Waals surface area contributed by atoms with Gasteiger partial charge in [-0.25, -0.2) is 4.39 Å². The van der Waals surface area contributed by atoms with Gasteiger partial charge >= 0.3 is 0 Å². The van der Waals surface area contributed by atoms with Crippen molar-refractivity contribution in [3.05, 3.63) is 17.9 Å². The lowest BCUT2D eigenvalue weighted by Crippen LogP contribution is -2.29. The summed E-state index contributed by atoms with van der Waals surface area (Å²) in [6.45, 7) is 2.77. The van der Waals surface area contributed by atoms with E-state index in [1.165, 1.54) is 6.07 Å². The van der Waals surface area contributed by atoms with E-state index in [2.05, 4.69) is 0 Å². The second-order valence-electron chi connectivity index (χ2n) is 4.42. The molecule has 18 heavy (non-hydrogen) atoms. The van der Waals surface area contributed by atoms with Crippen LogP contribution in [0.5, 0.6) is 5.75 Å². The van der Waals surface area contributed by atoms with Crippen molar-refractivity contribution in [1.29, 1.82) is 0 Å². The van der Waals surface area contributed by atoms with Crippen LogP contribution in [0.15, 0.2) is 12.1 Å². The fourth-order valence-electron chi connectivity index (χ4n) is 2.07. The van der Waals surface area contributed by atoms with Crippen molar-refractivity contribution < 1.29 is 14.2 Å². The number of aliphatic hydroxyl groups excluding tert-OH is 1. The summed E-state index contributed by atoms with van der Waals surface area (Å²) in [4.78, 5) is 2.03. The number of benzene rings is 1. The number of aliphatic hydroxyl groups is 1. The number of ether oxygens (including phenoxy) is 1. The maximum atomic E-state index is 13.6. The zero-order valence-electron chi connectivity index (χ0n) is 10.5.